The second-order valence-electron chi connectivity index (χ2n) is 5.70. The van der Waals surface area contributed by atoms with Gasteiger partial charge in [0.15, 0.2) is 23.1 Å². The molecule has 0 spiro atoms. The van der Waals surface area contributed by atoms with E-state index in [1.807, 2.05) is 0 Å². The number of hydrogen-bond donors (Lipinski definition) is 3. The smallest absolute Gasteiger partial charge is 0.275 e. The lowest BCUT2D eigenvalue weighted by Gasteiger charge is -2.00. The summed E-state index contributed by atoms with van der Waals surface area (Å²) in [5, 5.41) is 8.71. The Hall–Kier alpha value is -2.84. The molecule has 2 heterocycles. The molecule has 1 aliphatic rings. The van der Waals surface area contributed by atoms with Crippen molar-refractivity contribution in [2.75, 3.05) is 0 Å². The summed E-state index contributed by atoms with van der Waals surface area (Å²) in [6, 6.07) is 2.33. The molecule has 124 valence electrons. The average Bonchev–Trinajstić information content (AvgIpc) is 3.20. The molecule has 1 saturated carbocycles. The molecule has 0 radical (unpaired) electrons. The van der Waals surface area contributed by atoms with E-state index in [9.17, 15) is 18.0 Å². The molecule has 1 amide bonds. The Kier molecular flexibility index (Phi) is 3.29. The number of H-pyrrole nitrogens is 2. The van der Waals surface area contributed by atoms with Gasteiger partial charge in [0.1, 0.15) is 11.3 Å². The Bertz CT molecular complexity index is 944. The Labute approximate surface area is 133 Å². The van der Waals surface area contributed by atoms with Crippen molar-refractivity contribution in [2.45, 2.75) is 25.3 Å². The molecule has 6 nitrogen and oxygen atoms in total. The predicted molar refractivity (Wildman–Crippen MR) is 77.7 cm³/mol. The fourth-order valence-electron chi connectivity index (χ4n) is 2.53. The molecule has 0 aliphatic heterocycles. The first-order valence-electron chi connectivity index (χ1n) is 7.39. The highest BCUT2D eigenvalue weighted by Crippen LogP contribution is 2.40. The lowest BCUT2D eigenvalue weighted by molar-refractivity contribution is 0.0941. The quantitative estimate of drug-likeness (QED) is 0.685. The molecule has 24 heavy (non-hydrogen) atoms. The first-order valence-corrected chi connectivity index (χ1v) is 7.39. The van der Waals surface area contributed by atoms with Crippen LogP contribution in [0, 0.1) is 17.5 Å². The molecule has 0 unspecified atom stereocenters. The fourth-order valence-corrected chi connectivity index (χ4v) is 2.53. The molecule has 1 aliphatic carbocycles. The number of aromatic amines is 2. The number of aromatic nitrogens is 4. The Morgan fingerprint density at radius 2 is 2.04 bits per heavy atom. The lowest BCUT2D eigenvalue weighted by atomic mass is 10.2. The van der Waals surface area contributed by atoms with Crippen LogP contribution < -0.4 is 5.32 Å². The van der Waals surface area contributed by atoms with Gasteiger partial charge in [-0.05, 0) is 25.0 Å². The molecule has 2 aromatic heterocycles. The highest BCUT2D eigenvalue weighted by Gasteiger charge is 2.31. The van der Waals surface area contributed by atoms with Crippen molar-refractivity contribution in [2.24, 2.45) is 0 Å². The number of nitrogens with one attached hydrogen (secondary N) is 3. The van der Waals surface area contributed by atoms with Crippen LogP contribution in [-0.4, -0.2) is 26.1 Å². The topological polar surface area (TPSA) is 86.5 Å². The number of rotatable bonds is 4. The van der Waals surface area contributed by atoms with Crippen LogP contribution in [0.5, 0.6) is 0 Å². The second-order valence-corrected chi connectivity index (χ2v) is 5.70. The van der Waals surface area contributed by atoms with Gasteiger partial charge in [0.05, 0.1) is 17.8 Å². The summed E-state index contributed by atoms with van der Waals surface area (Å²) in [4.78, 5) is 18.7. The third kappa shape index (κ3) is 2.41. The van der Waals surface area contributed by atoms with Crippen LogP contribution in [0.4, 0.5) is 13.2 Å². The molecule has 4 rings (SSSR count). The number of fused-ring (bicyclic) bond motifs is 1. The third-order valence-electron chi connectivity index (χ3n) is 3.94. The van der Waals surface area contributed by atoms with Crippen LogP contribution in [0.15, 0.2) is 12.1 Å². The summed E-state index contributed by atoms with van der Waals surface area (Å²) >= 11 is 0. The predicted octanol–water partition coefficient (Wildman–Crippen LogP) is 2.51. The summed E-state index contributed by atoms with van der Waals surface area (Å²) in [5.74, 6) is -3.09. The van der Waals surface area contributed by atoms with Gasteiger partial charge in [-0.2, -0.15) is 5.10 Å². The zero-order valence-electron chi connectivity index (χ0n) is 12.3. The van der Waals surface area contributed by atoms with Gasteiger partial charge < -0.3 is 10.3 Å². The van der Waals surface area contributed by atoms with Gasteiger partial charge in [-0.15, -0.1) is 0 Å². The van der Waals surface area contributed by atoms with E-state index in [4.69, 9.17) is 0 Å². The largest absolute Gasteiger partial charge is 0.343 e. The summed E-state index contributed by atoms with van der Waals surface area (Å²) in [7, 11) is 0. The highest BCUT2D eigenvalue weighted by molar-refractivity contribution is 5.92. The minimum Gasteiger partial charge on any atom is -0.343 e. The number of benzene rings is 1. The van der Waals surface area contributed by atoms with E-state index in [2.05, 4.69) is 25.5 Å². The summed E-state index contributed by atoms with van der Waals surface area (Å²) in [6.07, 6.45) is 1.75. The van der Waals surface area contributed by atoms with Crippen LogP contribution in [0.2, 0.25) is 0 Å². The van der Waals surface area contributed by atoms with Crippen molar-refractivity contribution in [3.63, 3.8) is 0 Å². The number of carbonyl (C=O) groups excluding carboxylic acids is 1. The molecular formula is C15H12F3N5O. The van der Waals surface area contributed by atoms with E-state index in [1.165, 1.54) is 6.07 Å². The average molecular weight is 335 g/mol. The van der Waals surface area contributed by atoms with Crippen LogP contribution in [0.3, 0.4) is 0 Å². The summed E-state index contributed by atoms with van der Waals surface area (Å²) in [5.41, 5.74) is 0.188. The summed E-state index contributed by atoms with van der Waals surface area (Å²) < 4.78 is 40.9. The molecule has 0 saturated heterocycles. The van der Waals surface area contributed by atoms with Crippen molar-refractivity contribution in [3.8, 4) is 0 Å². The van der Waals surface area contributed by atoms with E-state index >= 15 is 0 Å². The van der Waals surface area contributed by atoms with Crippen molar-refractivity contribution in [3.05, 3.63) is 46.8 Å². The van der Waals surface area contributed by atoms with E-state index < -0.39 is 23.4 Å². The van der Waals surface area contributed by atoms with Gasteiger partial charge in [0, 0.05) is 5.92 Å². The number of imidazole rings is 1. The normalized spacial score (nSPS) is 14.3. The minimum atomic E-state index is -1.06. The van der Waals surface area contributed by atoms with E-state index in [-0.39, 0.29) is 29.5 Å². The fraction of sp³-hybridized carbons (Fsp3) is 0.267. The van der Waals surface area contributed by atoms with Crippen LogP contribution in [-0.2, 0) is 6.54 Å². The second kappa shape index (κ2) is 5.36. The van der Waals surface area contributed by atoms with Gasteiger partial charge >= 0.3 is 0 Å². The maximum atomic E-state index is 14.1. The molecule has 0 atom stereocenters. The molecule has 0 bridgehead atoms. The molecule has 1 fully saturated rings. The molecule has 9 heteroatoms. The van der Waals surface area contributed by atoms with Crippen LogP contribution >= 0.6 is 0 Å². The van der Waals surface area contributed by atoms with Gasteiger partial charge in [-0.25, -0.2) is 18.2 Å². The first-order chi connectivity index (χ1) is 11.5. The van der Waals surface area contributed by atoms with Crippen molar-refractivity contribution in [1.29, 1.82) is 0 Å². The third-order valence-corrected chi connectivity index (χ3v) is 3.94. The minimum absolute atomic E-state index is 0.0976. The summed E-state index contributed by atoms with van der Waals surface area (Å²) in [6.45, 7) is -0.0976. The van der Waals surface area contributed by atoms with E-state index in [0.29, 0.717) is 11.2 Å². The van der Waals surface area contributed by atoms with Gasteiger partial charge in [0.2, 0.25) is 0 Å². The number of nitrogens with zero attached hydrogens (tertiary/aromatic N) is 2. The van der Waals surface area contributed by atoms with Gasteiger partial charge in [-0.1, -0.05) is 0 Å². The maximum Gasteiger partial charge on any atom is 0.275 e. The van der Waals surface area contributed by atoms with Crippen molar-refractivity contribution >= 4 is 16.9 Å². The highest BCUT2D eigenvalue weighted by atomic mass is 19.2. The zero-order chi connectivity index (χ0) is 16.8. The number of halogens is 3. The Morgan fingerprint density at radius 1 is 1.25 bits per heavy atom. The molecule has 1 aromatic carbocycles. The lowest BCUT2D eigenvalue weighted by Crippen LogP contribution is -2.24. The van der Waals surface area contributed by atoms with E-state index in [0.717, 1.165) is 18.9 Å². The van der Waals surface area contributed by atoms with Crippen molar-refractivity contribution < 1.29 is 18.0 Å². The van der Waals surface area contributed by atoms with Gasteiger partial charge in [-0.3, -0.25) is 9.89 Å². The van der Waals surface area contributed by atoms with Crippen LogP contribution in [0.25, 0.3) is 11.0 Å². The Morgan fingerprint density at radius 3 is 2.79 bits per heavy atom. The number of hydrogen-bond acceptors (Lipinski definition) is 3. The standard InChI is InChI=1S/C15H12F3N5O/c16-7-3-4-8-13(10(7)17)21-9(20-8)5-19-15(24)14-11(18)12(22-23-14)6-1-2-6/h3-4,6H,1-2,5H2,(H,19,24)(H,20,21)(H,22,23). The Balaban J connectivity index is 1.50. The maximum absolute atomic E-state index is 14.1. The van der Waals surface area contributed by atoms with Crippen LogP contribution in [0.1, 0.15) is 40.8 Å². The monoisotopic (exact) mass is 335 g/mol. The SMILES string of the molecule is O=C(NCc1nc2c(F)c(F)ccc2[nH]1)c1n[nH]c(C2CC2)c1F. The molecule has 3 aromatic rings. The number of carbonyl (C=O) groups is 1. The molecule has 3 N–H and O–H groups in total. The first kappa shape index (κ1) is 14.7. The van der Waals surface area contributed by atoms with E-state index in [1.54, 1.807) is 0 Å². The zero-order valence-corrected chi connectivity index (χ0v) is 12.3. The van der Waals surface area contributed by atoms with Crippen molar-refractivity contribution in [1.82, 2.24) is 25.5 Å². The number of amides is 1. The van der Waals surface area contributed by atoms with Gasteiger partial charge in [0.25, 0.3) is 5.91 Å². The molecular weight excluding hydrogens is 323 g/mol.